The third-order valence-electron chi connectivity index (χ3n) is 3.86. The van der Waals surface area contributed by atoms with Crippen LogP contribution in [0.15, 0.2) is 78.9 Å². The average molecular weight is 360 g/mol. The Morgan fingerprint density at radius 3 is 2.23 bits per heavy atom. The summed E-state index contributed by atoms with van der Waals surface area (Å²) in [5.74, 6) is 6.12. The summed E-state index contributed by atoms with van der Waals surface area (Å²) in [5.41, 5.74) is 3.57. The Morgan fingerprint density at radius 1 is 0.846 bits per heavy atom. The lowest BCUT2D eigenvalue weighted by atomic mass is 10.1. The van der Waals surface area contributed by atoms with E-state index >= 15 is 0 Å². The first-order valence-corrected chi connectivity index (χ1v) is 8.78. The highest BCUT2D eigenvalue weighted by molar-refractivity contribution is 6.30. The summed E-state index contributed by atoms with van der Waals surface area (Å²) in [7, 11) is 0. The van der Waals surface area contributed by atoms with E-state index in [1.54, 1.807) is 12.1 Å². The molecule has 0 spiro atoms. The van der Waals surface area contributed by atoms with Gasteiger partial charge in [-0.1, -0.05) is 53.8 Å². The van der Waals surface area contributed by atoms with Gasteiger partial charge in [-0.25, -0.2) is 0 Å². The molecule has 0 atom stereocenters. The maximum absolute atomic E-state index is 12.2. The van der Waals surface area contributed by atoms with Crippen LogP contribution in [0.1, 0.15) is 27.0 Å². The topological polar surface area (TPSA) is 29.1 Å². The van der Waals surface area contributed by atoms with E-state index in [4.69, 9.17) is 11.6 Å². The van der Waals surface area contributed by atoms with Crippen LogP contribution in [0.25, 0.3) is 0 Å². The van der Waals surface area contributed by atoms with Crippen molar-refractivity contribution in [3.8, 4) is 11.8 Å². The Labute approximate surface area is 158 Å². The van der Waals surface area contributed by atoms with Gasteiger partial charge >= 0.3 is 0 Å². The quantitative estimate of drug-likeness (QED) is 0.671. The van der Waals surface area contributed by atoms with Crippen LogP contribution in [0.2, 0.25) is 5.02 Å². The molecule has 3 rings (SSSR count). The lowest BCUT2D eigenvalue weighted by molar-refractivity contribution is 0.0954. The molecule has 0 aliphatic carbocycles. The lowest BCUT2D eigenvalue weighted by Gasteiger charge is -2.06. The van der Waals surface area contributed by atoms with Gasteiger partial charge in [0.2, 0.25) is 0 Å². The van der Waals surface area contributed by atoms with E-state index in [9.17, 15) is 4.79 Å². The molecule has 0 saturated carbocycles. The summed E-state index contributed by atoms with van der Waals surface area (Å²) in [6.07, 6.45) is 0.743. The van der Waals surface area contributed by atoms with Crippen molar-refractivity contribution in [2.45, 2.75) is 6.42 Å². The fourth-order valence-corrected chi connectivity index (χ4v) is 2.70. The second-order valence-corrected chi connectivity index (χ2v) is 6.27. The number of benzene rings is 3. The maximum Gasteiger partial charge on any atom is 0.251 e. The monoisotopic (exact) mass is 359 g/mol. The van der Waals surface area contributed by atoms with Crippen molar-refractivity contribution >= 4 is 17.5 Å². The molecule has 3 aromatic carbocycles. The van der Waals surface area contributed by atoms with Crippen LogP contribution in [0.4, 0.5) is 0 Å². The van der Waals surface area contributed by atoms with Crippen molar-refractivity contribution in [1.82, 2.24) is 5.32 Å². The molecule has 26 heavy (non-hydrogen) atoms. The zero-order chi connectivity index (χ0) is 18.2. The fourth-order valence-electron chi connectivity index (χ4n) is 2.49. The molecule has 1 N–H and O–H groups in total. The molecule has 2 nitrogen and oxygen atoms in total. The highest BCUT2D eigenvalue weighted by atomic mass is 35.5. The molecule has 0 fully saturated rings. The first-order valence-electron chi connectivity index (χ1n) is 8.40. The van der Waals surface area contributed by atoms with Crippen molar-refractivity contribution in [3.63, 3.8) is 0 Å². The molecule has 1 amide bonds. The first-order chi connectivity index (χ1) is 12.7. The van der Waals surface area contributed by atoms with Crippen molar-refractivity contribution in [3.05, 3.63) is 106 Å². The van der Waals surface area contributed by atoms with Crippen LogP contribution >= 0.6 is 11.6 Å². The molecule has 0 aliphatic rings. The first kappa shape index (κ1) is 17.8. The number of carbonyl (C=O) groups is 1. The highest BCUT2D eigenvalue weighted by Gasteiger charge is 2.04. The van der Waals surface area contributed by atoms with Crippen LogP contribution in [0, 0.1) is 11.8 Å². The van der Waals surface area contributed by atoms with Gasteiger partial charge in [-0.05, 0) is 60.5 Å². The highest BCUT2D eigenvalue weighted by Crippen LogP contribution is 2.11. The number of nitrogens with one attached hydrogen (secondary N) is 1. The molecule has 3 heteroatoms. The number of amides is 1. The second-order valence-electron chi connectivity index (χ2n) is 5.83. The minimum Gasteiger partial charge on any atom is -0.352 e. The molecular weight excluding hydrogens is 342 g/mol. The third kappa shape index (κ3) is 5.24. The summed E-state index contributed by atoms with van der Waals surface area (Å²) in [6, 6.07) is 24.8. The number of carbonyl (C=O) groups excluding carboxylic acids is 1. The molecule has 0 aliphatic heterocycles. The summed E-state index contributed by atoms with van der Waals surface area (Å²) in [4.78, 5) is 12.2. The number of hydrogen-bond acceptors (Lipinski definition) is 1. The summed E-state index contributed by atoms with van der Waals surface area (Å²) < 4.78 is 0. The standard InChI is InChI=1S/C23H18ClNO/c24-22-8-4-7-20(17-22)15-16-25-23(26)21-13-11-19(12-14-21)10-9-18-5-2-1-3-6-18/h1-8,11-14,17H,15-16H2,(H,25,26). The zero-order valence-corrected chi connectivity index (χ0v) is 15.0. The smallest absolute Gasteiger partial charge is 0.251 e. The zero-order valence-electron chi connectivity index (χ0n) is 14.2. The van der Waals surface area contributed by atoms with Gasteiger partial charge < -0.3 is 5.32 Å². The number of hydrogen-bond donors (Lipinski definition) is 1. The third-order valence-corrected chi connectivity index (χ3v) is 4.10. The molecule has 3 aromatic rings. The van der Waals surface area contributed by atoms with E-state index in [2.05, 4.69) is 17.2 Å². The Bertz CT molecular complexity index is 937. The lowest BCUT2D eigenvalue weighted by Crippen LogP contribution is -2.25. The Balaban J connectivity index is 1.54. The van der Waals surface area contributed by atoms with E-state index in [1.165, 1.54) is 0 Å². The van der Waals surface area contributed by atoms with Crippen LogP contribution in [0.3, 0.4) is 0 Å². The van der Waals surface area contributed by atoms with Gasteiger partial charge in [-0.2, -0.15) is 0 Å². The predicted molar refractivity (Wildman–Crippen MR) is 106 cm³/mol. The van der Waals surface area contributed by atoms with Crippen molar-refractivity contribution in [1.29, 1.82) is 0 Å². The average Bonchev–Trinajstić information content (AvgIpc) is 2.67. The minimum absolute atomic E-state index is 0.0883. The van der Waals surface area contributed by atoms with Crippen molar-refractivity contribution in [2.75, 3.05) is 6.54 Å². The second kappa shape index (κ2) is 8.89. The van der Waals surface area contributed by atoms with Gasteiger partial charge in [0, 0.05) is 28.3 Å². The van der Waals surface area contributed by atoms with E-state index in [1.807, 2.05) is 66.7 Å². The van der Waals surface area contributed by atoms with Gasteiger partial charge in [-0.15, -0.1) is 0 Å². The Morgan fingerprint density at radius 2 is 1.54 bits per heavy atom. The maximum atomic E-state index is 12.2. The molecule has 0 bridgehead atoms. The summed E-state index contributed by atoms with van der Waals surface area (Å²) in [6.45, 7) is 0.564. The van der Waals surface area contributed by atoms with E-state index in [0.717, 1.165) is 23.1 Å². The molecule has 128 valence electrons. The van der Waals surface area contributed by atoms with E-state index in [-0.39, 0.29) is 5.91 Å². The Hall–Kier alpha value is -3.02. The normalized spacial score (nSPS) is 9.88. The van der Waals surface area contributed by atoms with Gasteiger partial charge in [0.25, 0.3) is 5.91 Å². The molecule has 0 radical (unpaired) electrons. The number of halogens is 1. The van der Waals surface area contributed by atoms with E-state index < -0.39 is 0 Å². The number of rotatable bonds is 4. The van der Waals surface area contributed by atoms with Gasteiger partial charge in [0.15, 0.2) is 0 Å². The van der Waals surface area contributed by atoms with Crippen LogP contribution in [0.5, 0.6) is 0 Å². The van der Waals surface area contributed by atoms with Crippen LogP contribution in [-0.4, -0.2) is 12.5 Å². The van der Waals surface area contributed by atoms with Gasteiger partial charge in [0.05, 0.1) is 0 Å². The van der Waals surface area contributed by atoms with Gasteiger partial charge in [0.1, 0.15) is 0 Å². The van der Waals surface area contributed by atoms with Crippen LogP contribution in [-0.2, 0) is 6.42 Å². The van der Waals surface area contributed by atoms with Gasteiger partial charge in [-0.3, -0.25) is 4.79 Å². The fraction of sp³-hybridized carbons (Fsp3) is 0.0870. The molecule has 0 heterocycles. The molecule has 0 aromatic heterocycles. The van der Waals surface area contributed by atoms with Crippen LogP contribution < -0.4 is 5.32 Å². The summed E-state index contributed by atoms with van der Waals surface area (Å²) in [5, 5.41) is 3.64. The van der Waals surface area contributed by atoms with E-state index in [0.29, 0.717) is 17.1 Å². The predicted octanol–water partition coefficient (Wildman–Crippen LogP) is 4.71. The van der Waals surface area contributed by atoms with Crippen molar-refractivity contribution in [2.24, 2.45) is 0 Å². The SMILES string of the molecule is O=C(NCCc1cccc(Cl)c1)c1ccc(C#Cc2ccccc2)cc1. The largest absolute Gasteiger partial charge is 0.352 e. The molecule has 0 unspecified atom stereocenters. The minimum atomic E-state index is -0.0883. The van der Waals surface area contributed by atoms with Crippen molar-refractivity contribution < 1.29 is 4.79 Å². The molecular formula is C23H18ClNO. The Kier molecular flexibility index (Phi) is 6.09. The molecule has 0 saturated heterocycles. The summed E-state index contributed by atoms with van der Waals surface area (Å²) >= 11 is 5.96.